The van der Waals surface area contributed by atoms with Gasteiger partial charge in [-0.25, -0.2) is 9.97 Å². The smallest absolute Gasteiger partial charge is 0.311 e. The molecule has 1 fully saturated rings. The van der Waals surface area contributed by atoms with Crippen molar-refractivity contribution < 1.29 is 9.18 Å². The number of aromatic nitrogens is 4. The molecular formula is C17H18FN7O2S. The van der Waals surface area contributed by atoms with Crippen LogP contribution in [0.15, 0.2) is 23.1 Å². The third-order valence-electron chi connectivity index (χ3n) is 4.57. The quantitative estimate of drug-likeness (QED) is 0.586. The third kappa shape index (κ3) is 3.51. The summed E-state index contributed by atoms with van der Waals surface area (Å²) in [6, 6.07) is 3.30. The molecule has 11 heteroatoms. The maximum Gasteiger partial charge on any atom is 0.311 e. The van der Waals surface area contributed by atoms with E-state index >= 15 is 0 Å². The van der Waals surface area contributed by atoms with Gasteiger partial charge in [-0.05, 0) is 38.1 Å². The van der Waals surface area contributed by atoms with E-state index < -0.39 is 11.4 Å². The molecule has 1 aliphatic rings. The van der Waals surface area contributed by atoms with Crippen LogP contribution in [0.1, 0.15) is 24.5 Å². The molecular weight excluding hydrogens is 385 g/mol. The Morgan fingerprint density at radius 1 is 1.43 bits per heavy atom. The first kappa shape index (κ1) is 18.6. The van der Waals surface area contributed by atoms with Crippen LogP contribution in [0.2, 0.25) is 0 Å². The maximum atomic E-state index is 14.7. The minimum Gasteiger partial charge on any atom is -0.322 e. The van der Waals surface area contributed by atoms with Crippen LogP contribution in [-0.2, 0) is 4.79 Å². The van der Waals surface area contributed by atoms with Crippen LogP contribution in [0.4, 0.5) is 10.2 Å². The van der Waals surface area contributed by atoms with Gasteiger partial charge in [0.2, 0.25) is 16.7 Å². The topological polar surface area (TPSA) is 127 Å². The Morgan fingerprint density at radius 3 is 2.96 bits per heavy atom. The van der Waals surface area contributed by atoms with E-state index in [0.717, 1.165) is 30.4 Å². The number of amides is 1. The van der Waals surface area contributed by atoms with Crippen molar-refractivity contribution in [3.63, 3.8) is 0 Å². The molecule has 9 nitrogen and oxygen atoms in total. The lowest BCUT2D eigenvalue weighted by Gasteiger charge is -2.21. The van der Waals surface area contributed by atoms with Crippen LogP contribution in [0.3, 0.4) is 0 Å². The minimum atomic E-state index is -0.841. The molecule has 1 amide bonds. The van der Waals surface area contributed by atoms with E-state index in [-0.39, 0.29) is 24.1 Å². The second kappa shape index (κ2) is 7.70. The van der Waals surface area contributed by atoms with Gasteiger partial charge >= 0.3 is 5.56 Å². The van der Waals surface area contributed by atoms with Crippen molar-refractivity contribution in [3.05, 3.63) is 40.2 Å². The summed E-state index contributed by atoms with van der Waals surface area (Å²) in [5.41, 5.74) is 5.33. The molecule has 0 radical (unpaired) electrons. The first-order chi connectivity index (χ1) is 13.6. The van der Waals surface area contributed by atoms with Crippen LogP contribution in [-0.4, -0.2) is 45.1 Å². The second-order valence-electron chi connectivity index (χ2n) is 6.42. The van der Waals surface area contributed by atoms with Crippen LogP contribution >= 0.6 is 11.3 Å². The van der Waals surface area contributed by atoms with Gasteiger partial charge in [0.1, 0.15) is 10.8 Å². The molecule has 28 heavy (non-hydrogen) atoms. The Hall–Kier alpha value is -2.76. The number of fused-ring (bicyclic) bond motifs is 1. The predicted molar refractivity (Wildman–Crippen MR) is 103 cm³/mol. The summed E-state index contributed by atoms with van der Waals surface area (Å²) in [6.07, 6.45) is 2.98. The van der Waals surface area contributed by atoms with E-state index in [2.05, 4.69) is 25.7 Å². The van der Waals surface area contributed by atoms with E-state index in [9.17, 15) is 14.0 Å². The lowest BCUT2D eigenvalue weighted by molar-refractivity contribution is -0.114. The van der Waals surface area contributed by atoms with Crippen LogP contribution in [0.5, 0.6) is 0 Å². The number of hydrogen-bond donors (Lipinski definition) is 3. The van der Waals surface area contributed by atoms with Crippen molar-refractivity contribution in [2.24, 2.45) is 5.73 Å². The number of carbonyl (C=O) groups excluding carboxylic acids is 1. The number of nitrogens with two attached hydrogens (primary N) is 1. The fourth-order valence-corrected chi connectivity index (χ4v) is 4.04. The number of piperidine rings is 1. The molecule has 3 aromatic rings. The summed E-state index contributed by atoms with van der Waals surface area (Å²) in [5.74, 6) is -0.981. The summed E-state index contributed by atoms with van der Waals surface area (Å²) in [7, 11) is 0. The van der Waals surface area contributed by atoms with Gasteiger partial charge in [0, 0.05) is 17.7 Å². The first-order valence-electron chi connectivity index (χ1n) is 8.83. The minimum absolute atomic E-state index is 0.0801. The van der Waals surface area contributed by atoms with Crippen molar-refractivity contribution in [3.8, 4) is 10.6 Å². The number of pyridine rings is 1. The number of rotatable bonds is 4. The second-order valence-corrected chi connectivity index (χ2v) is 7.38. The van der Waals surface area contributed by atoms with Crippen LogP contribution < -0.4 is 21.9 Å². The van der Waals surface area contributed by atoms with Crippen molar-refractivity contribution in [2.45, 2.75) is 18.8 Å². The molecule has 0 aromatic carbocycles. The van der Waals surface area contributed by atoms with Gasteiger partial charge in [0.25, 0.3) is 0 Å². The van der Waals surface area contributed by atoms with Crippen molar-refractivity contribution >= 4 is 28.0 Å². The zero-order valence-corrected chi connectivity index (χ0v) is 15.6. The lowest BCUT2D eigenvalue weighted by atomic mass is 9.94. The number of nitrogens with one attached hydrogen (secondary N) is 2. The Balaban J connectivity index is 1.74. The van der Waals surface area contributed by atoms with Gasteiger partial charge in [-0.3, -0.25) is 9.59 Å². The predicted octanol–water partition coefficient (Wildman–Crippen LogP) is 0.716. The van der Waals surface area contributed by atoms with Gasteiger partial charge in [-0.15, -0.1) is 0 Å². The summed E-state index contributed by atoms with van der Waals surface area (Å²) in [4.78, 5) is 32.7. The van der Waals surface area contributed by atoms with E-state index in [1.165, 1.54) is 17.5 Å². The van der Waals surface area contributed by atoms with Gasteiger partial charge in [-0.2, -0.15) is 14.0 Å². The molecule has 0 spiro atoms. The highest BCUT2D eigenvalue weighted by Crippen LogP contribution is 2.29. The highest BCUT2D eigenvalue weighted by Gasteiger charge is 2.25. The summed E-state index contributed by atoms with van der Waals surface area (Å²) < 4.78 is 15.6. The van der Waals surface area contributed by atoms with Crippen LogP contribution in [0, 0.1) is 5.82 Å². The molecule has 0 saturated carbocycles. The van der Waals surface area contributed by atoms with Gasteiger partial charge in [0.05, 0.1) is 12.2 Å². The average Bonchev–Trinajstić information content (AvgIpc) is 3.16. The summed E-state index contributed by atoms with van der Waals surface area (Å²) >= 11 is 1.18. The highest BCUT2D eigenvalue weighted by molar-refractivity contribution is 7.19. The molecule has 0 aliphatic carbocycles. The Bertz CT molecular complexity index is 1090. The molecule has 4 rings (SSSR count). The standard InChI is InChI=1S/C17H18FN7O2S/c18-13-14(9-1-4-20-5-2-9)23-17-25(16(13)27)24-15(28-17)10-3-6-21-11(7-10)22-12(26)8-19/h3,6-7,9,20H,1-2,4-5,8,19H2,(H,21,22,26). The van der Waals surface area contributed by atoms with Gasteiger partial charge in [-0.1, -0.05) is 11.3 Å². The normalized spacial score (nSPS) is 15.1. The zero-order chi connectivity index (χ0) is 19.7. The molecule has 1 saturated heterocycles. The average molecular weight is 403 g/mol. The monoisotopic (exact) mass is 403 g/mol. The molecule has 3 aromatic heterocycles. The van der Waals surface area contributed by atoms with Gasteiger partial charge < -0.3 is 16.4 Å². The van der Waals surface area contributed by atoms with Crippen molar-refractivity contribution in [2.75, 3.05) is 25.0 Å². The number of carbonyl (C=O) groups is 1. The Kier molecular flexibility index (Phi) is 5.11. The third-order valence-corrected chi connectivity index (χ3v) is 5.52. The maximum absolute atomic E-state index is 14.7. The SMILES string of the molecule is NCC(=O)Nc1cc(-c2nn3c(=O)c(F)c(C4CCNCC4)nc3s2)ccn1. The molecule has 0 unspecified atom stereocenters. The number of hydrogen-bond acceptors (Lipinski definition) is 8. The van der Waals surface area contributed by atoms with Crippen LogP contribution in [0.25, 0.3) is 15.5 Å². The summed E-state index contributed by atoms with van der Waals surface area (Å²) in [5, 5.41) is 10.5. The highest BCUT2D eigenvalue weighted by atomic mass is 32.1. The number of halogens is 1. The molecule has 4 N–H and O–H groups in total. The van der Waals surface area contributed by atoms with Crippen molar-refractivity contribution in [1.82, 2.24) is 24.9 Å². The Labute approximate surface area is 162 Å². The van der Waals surface area contributed by atoms with E-state index in [4.69, 9.17) is 5.73 Å². The molecule has 0 atom stereocenters. The molecule has 0 bridgehead atoms. The number of anilines is 1. The first-order valence-corrected chi connectivity index (χ1v) is 9.65. The van der Waals surface area contributed by atoms with E-state index in [1.54, 1.807) is 12.1 Å². The molecule has 146 valence electrons. The molecule has 4 heterocycles. The summed E-state index contributed by atoms with van der Waals surface area (Å²) in [6.45, 7) is 1.38. The zero-order valence-electron chi connectivity index (χ0n) is 14.8. The molecule has 1 aliphatic heterocycles. The van der Waals surface area contributed by atoms with E-state index in [0.29, 0.717) is 21.3 Å². The fraction of sp³-hybridized carbons (Fsp3) is 0.353. The van der Waals surface area contributed by atoms with E-state index in [1.807, 2.05) is 0 Å². The fourth-order valence-electron chi connectivity index (χ4n) is 3.15. The number of nitrogens with zero attached hydrogens (tertiary/aromatic N) is 4. The lowest BCUT2D eigenvalue weighted by Crippen LogP contribution is -2.30. The van der Waals surface area contributed by atoms with Gasteiger partial charge in [0.15, 0.2) is 0 Å². The van der Waals surface area contributed by atoms with Crippen molar-refractivity contribution in [1.29, 1.82) is 0 Å². The Morgan fingerprint density at radius 2 is 2.21 bits per heavy atom. The largest absolute Gasteiger partial charge is 0.322 e.